The average molecular weight is 408 g/mol. The number of carbonyl (C=O) groups is 2. The van der Waals surface area contributed by atoms with Gasteiger partial charge >= 0.3 is 0 Å². The molecule has 1 N–H and O–H groups in total. The number of aromatic nitrogens is 1. The Labute approximate surface area is 174 Å². The Hall–Kier alpha value is -2.73. The van der Waals surface area contributed by atoms with Crippen LogP contribution in [0.15, 0.2) is 42.5 Å². The van der Waals surface area contributed by atoms with Crippen LogP contribution in [0, 0.1) is 12.8 Å². The summed E-state index contributed by atoms with van der Waals surface area (Å²) in [6, 6.07) is 14.1. The molecule has 150 valence electrons. The second-order valence-electron chi connectivity index (χ2n) is 7.62. The molecule has 0 radical (unpaired) electrons. The first-order valence-electron chi connectivity index (χ1n) is 10.0. The van der Waals surface area contributed by atoms with Gasteiger partial charge in [-0.3, -0.25) is 9.59 Å². The summed E-state index contributed by atoms with van der Waals surface area (Å²) in [6.45, 7) is 6.48. The van der Waals surface area contributed by atoms with E-state index in [1.165, 1.54) is 5.56 Å². The second-order valence-corrected chi connectivity index (χ2v) is 8.85. The molecule has 1 aromatic heterocycles. The molecule has 0 bridgehead atoms. The van der Waals surface area contributed by atoms with Gasteiger partial charge in [-0.25, -0.2) is 4.98 Å². The van der Waals surface area contributed by atoms with Crippen molar-refractivity contribution in [2.75, 3.05) is 11.4 Å². The predicted octanol–water partition coefficient (Wildman–Crippen LogP) is 4.40. The molecule has 4 rings (SSSR count). The minimum atomic E-state index is -0.340. The van der Waals surface area contributed by atoms with Gasteiger partial charge in [-0.2, -0.15) is 0 Å². The minimum absolute atomic E-state index is 0.0172. The van der Waals surface area contributed by atoms with Crippen molar-refractivity contribution >= 4 is 39.1 Å². The SMILES string of the molecule is CCc1ccc(C(C)NC(=O)C2CC(=O)N(c3ccc4sc(C)nc4c3)C2)cc1. The maximum Gasteiger partial charge on any atom is 0.227 e. The average Bonchev–Trinajstić information content (AvgIpc) is 3.29. The van der Waals surface area contributed by atoms with E-state index >= 15 is 0 Å². The number of benzene rings is 2. The minimum Gasteiger partial charge on any atom is -0.349 e. The van der Waals surface area contributed by atoms with Crippen molar-refractivity contribution in [3.8, 4) is 0 Å². The molecule has 5 nitrogen and oxygen atoms in total. The number of rotatable bonds is 5. The molecule has 2 amide bonds. The lowest BCUT2D eigenvalue weighted by Gasteiger charge is -2.19. The number of hydrogen-bond donors (Lipinski definition) is 1. The third-order valence-electron chi connectivity index (χ3n) is 5.53. The molecule has 1 aliphatic rings. The topological polar surface area (TPSA) is 62.3 Å². The van der Waals surface area contributed by atoms with Crippen LogP contribution in [0.5, 0.6) is 0 Å². The van der Waals surface area contributed by atoms with Crippen LogP contribution in [0.4, 0.5) is 5.69 Å². The molecule has 1 aliphatic heterocycles. The van der Waals surface area contributed by atoms with Crippen molar-refractivity contribution in [3.05, 3.63) is 58.6 Å². The van der Waals surface area contributed by atoms with E-state index in [-0.39, 0.29) is 30.2 Å². The Bertz CT molecular complexity index is 1060. The van der Waals surface area contributed by atoms with E-state index in [0.717, 1.165) is 32.9 Å². The number of thiazole rings is 1. The molecule has 2 aromatic carbocycles. The molecule has 2 heterocycles. The summed E-state index contributed by atoms with van der Waals surface area (Å²) in [7, 11) is 0. The van der Waals surface area contributed by atoms with Crippen LogP contribution in [-0.4, -0.2) is 23.3 Å². The first kappa shape index (κ1) is 19.6. The predicted molar refractivity (Wildman–Crippen MR) is 117 cm³/mol. The molecule has 1 saturated heterocycles. The quantitative estimate of drug-likeness (QED) is 0.682. The third kappa shape index (κ3) is 4.03. The van der Waals surface area contributed by atoms with Crippen LogP contribution < -0.4 is 10.2 Å². The number of nitrogens with one attached hydrogen (secondary N) is 1. The normalized spacial score (nSPS) is 17.7. The van der Waals surface area contributed by atoms with Gasteiger partial charge in [-0.1, -0.05) is 31.2 Å². The highest BCUT2D eigenvalue weighted by Gasteiger charge is 2.35. The molecule has 0 saturated carbocycles. The lowest BCUT2D eigenvalue weighted by Crippen LogP contribution is -2.34. The number of anilines is 1. The van der Waals surface area contributed by atoms with Crippen molar-refractivity contribution in [2.45, 2.75) is 39.7 Å². The van der Waals surface area contributed by atoms with Crippen LogP contribution in [0.2, 0.25) is 0 Å². The summed E-state index contributed by atoms with van der Waals surface area (Å²) >= 11 is 1.64. The number of carbonyl (C=O) groups excluding carboxylic acids is 2. The molecule has 2 unspecified atom stereocenters. The van der Waals surface area contributed by atoms with E-state index in [9.17, 15) is 9.59 Å². The van der Waals surface area contributed by atoms with E-state index in [2.05, 4.69) is 41.5 Å². The maximum atomic E-state index is 12.8. The largest absolute Gasteiger partial charge is 0.349 e. The Morgan fingerprint density at radius 2 is 2.03 bits per heavy atom. The van der Waals surface area contributed by atoms with Crippen molar-refractivity contribution in [1.29, 1.82) is 0 Å². The molecule has 0 aliphatic carbocycles. The van der Waals surface area contributed by atoms with Gasteiger partial charge in [0.1, 0.15) is 0 Å². The molecule has 3 aromatic rings. The fourth-order valence-electron chi connectivity index (χ4n) is 3.79. The summed E-state index contributed by atoms with van der Waals surface area (Å²) in [6.07, 6.45) is 1.23. The zero-order chi connectivity index (χ0) is 20.5. The van der Waals surface area contributed by atoms with Gasteiger partial charge in [0.2, 0.25) is 11.8 Å². The Balaban J connectivity index is 1.44. The van der Waals surface area contributed by atoms with Gasteiger partial charge in [-0.15, -0.1) is 11.3 Å². The number of fused-ring (bicyclic) bond motifs is 1. The zero-order valence-electron chi connectivity index (χ0n) is 16.9. The summed E-state index contributed by atoms with van der Waals surface area (Å²) in [5.74, 6) is -0.428. The van der Waals surface area contributed by atoms with Crippen molar-refractivity contribution < 1.29 is 9.59 Å². The summed E-state index contributed by atoms with van der Waals surface area (Å²) in [4.78, 5) is 31.6. The van der Waals surface area contributed by atoms with Crippen LogP contribution >= 0.6 is 11.3 Å². The number of nitrogens with zero attached hydrogens (tertiary/aromatic N) is 2. The number of aryl methyl sites for hydroxylation is 2. The molecule has 0 spiro atoms. The monoisotopic (exact) mass is 407 g/mol. The highest BCUT2D eigenvalue weighted by Crippen LogP contribution is 2.30. The van der Waals surface area contributed by atoms with E-state index in [4.69, 9.17) is 0 Å². The fourth-order valence-corrected chi connectivity index (χ4v) is 4.60. The van der Waals surface area contributed by atoms with Crippen LogP contribution in [0.25, 0.3) is 10.2 Å². The lowest BCUT2D eigenvalue weighted by atomic mass is 10.0. The highest BCUT2D eigenvalue weighted by molar-refractivity contribution is 7.18. The summed E-state index contributed by atoms with van der Waals surface area (Å²) in [5.41, 5.74) is 4.05. The van der Waals surface area contributed by atoms with Crippen LogP contribution in [0.1, 0.15) is 42.4 Å². The summed E-state index contributed by atoms with van der Waals surface area (Å²) < 4.78 is 1.11. The Morgan fingerprint density at radius 3 is 2.76 bits per heavy atom. The van der Waals surface area contributed by atoms with Gasteiger partial charge in [-0.05, 0) is 49.6 Å². The van der Waals surface area contributed by atoms with Crippen molar-refractivity contribution in [2.24, 2.45) is 5.92 Å². The van der Waals surface area contributed by atoms with Gasteiger partial charge in [0.25, 0.3) is 0 Å². The Morgan fingerprint density at radius 1 is 1.28 bits per heavy atom. The number of amides is 2. The molecular formula is C23H25N3O2S. The molecule has 6 heteroatoms. The van der Waals surface area contributed by atoms with Gasteiger partial charge in [0.05, 0.1) is 27.2 Å². The smallest absolute Gasteiger partial charge is 0.227 e. The van der Waals surface area contributed by atoms with Gasteiger partial charge < -0.3 is 10.2 Å². The first-order chi connectivity index (χ1) is 13.9. The molecular weight excluding hydrogens is 382 g/mol. The number of hydrogen-bond acceptors (Lipinski definition) is 4. The van der Waals surface area contributed by atoms with E-state index in [1.807, 2.05) is 32.0 Å². The molecule has 2 atom stereocenters. The fraction of sp³-hybridized carbons (Fsp3) is 0.348. The zero-order valence-corrected chi connectivity index (χ0v) is 17.8. The third-order valence-corrected chi connectivity index (χ3v) is 6.48. The van der Waals surface area contributed by atoms with Crippen molar-refractivity contribution in [3.63, 3.8) is 0 Å². The lowest BCUT2D eigenvalue weighted by molar-refractivity contribution is -0.126. The van der Waals surface area contributed by atoms with E-state index < -0.39 is 0 Å². The van der Waals surface area contributed by atoms with Gasteiger partial charge in [0.15, 0.2) is 0 Å². The van der Waals surface area contributed by atoms with E-state index in [0.29, 0.717) is 6.54 Å². The highest BCUT2D eigenvalue weighted by atomic mass is 32.1. The second kappa shape index (κ2) is 7.95. The Kier molecular flexibility index (Phi) is 5.37. The molecule has 29 heavy (non-hydrogen) atoms. The standard InChI is InChI=1S/C23H25N3O2S/c1-4-16-5-7-17(8-6-16)14(2)24-23(28)18-11-22(27)26(13-18)19-9-10-21-20(12-19)25-15(3)29-21/h5-10,12,14,18H,4,11,13H2,1-3H3,(H,24,28). The first-order valence-corrected chi connectivity index (χ1v) is 10.8. The summed E-state index contributed by atoms with van der Waals surface area (Å²) in [5, 5.41) is 4.08. The molecule has 1 fully saturated rings. The maximum absolute atomic E-state index is 12.8. The van der Waals surface area contributed by atoms with Gasteiger partial charge in [0, 0.05) is 18.7 Å². The van der Waals surface area contributed by atoms with Crippen LogP contribution in [0.3, 0.4) is 0 Å². The van der Waals surface area contributed by atoms with E-state index in [1.54, 1.807) is 16.2 Å². The van der Waals surface area contributed by atoms with Crippen LogP contribution in [-0.2, 0) is 16.0 Å². The van der Waals surface area contributed by atoms with Crippen molar-refractivity contribution in [1.82, 2.24) is 10.3 Å².